The number of nitrogens with one attached hydrogen (secondary N) is 1. The van der Waals surface area contributed by atoms with Crippen LogP contribution in [-0.4, -0.2) is 0 Å². The highest BCUT2D eigenvalue weighted by molar-refractivity contribution is 6.31. The first-order chi connectivity index (χ1) is 9.08. The molecule has 4 heteroatoms. The quantitative estimate of drug-likeness (QED) is 0.839. The molecule has 0 aliphatic carbocycles. The number of hydrogen-bond donors (Lipinski definition) is 1. The van der Waals surface area contributed by atoms with Crippen LogP contribution in [-0.2, 0) is 6.54 Å². The van der Waals surface area contributed by atoms with E-state index in [-0.39, 0.29) is 11.1 Å². The van der Waals surface area contributed by atoms with Crippen molar-refractivity contribution in [1.29, 1.82) is 0 Å². The van der Waals surface area contributed by atoms with Crippen molar-refractivity contribution in [3.05, 3.63) is 69.5 Å². The molecule has 0 spiro atoms. The highest BCUT2D eigenvalue weighted by Crippen LogP contribution is 2.21. The highest BCUT2D eigenvalue weighted by atomic mass is 35.5. The zero-order valence-electron chi connectivity index (χ0n) is 10.5. The lowest BCUT2D eigenvalue weighted by Gasteiger charge is -2.15. The molecule has 0 bridgehead atoms. The van der Waals surface area contributed by atoms with E-state index in [1.165, 1.54) is 6.07 Å². The molecule has 1 atom stereocenters. The summed E-state index contributed by atoms with van der Waals surface area (Å²) < 4.78 is 13.3. The normalized spacial score (nSPS) is 12.4. The fraction of sp³-hybridized carbons (Fsp3) is 0.200. The maximum absolute atomic E-state index is 13.3. The largest absolute Gasteiger partial charge is 0.306 e. The van der Waals surface area contributed by atoms with Crippen LogP contribution in [0.25, 0.3) is 0 Å². The fourth-order valence-corrected chi connectivity index (χ4v) is 2.23. The molecule has 0 radical (unpaired) electrons. The Morgan fingerprint density at radius 1 is 1.16 bits per heavy atom. The zero-order chi connectivity index (χ0) is 13.8. The van der Waals surface area contributed by atoms with Gasteiger partial charge in [0.25, 0.3) is 0 Å². The summed E-state index contributed by atoms with van der Waals surface area (Å²) in [6.45, 7) is 2.53. The van der Waals surface area contributed by atoms with E-state index in [1.54, 1.807) is 6.07 Å². The summed E-state index contributed by atoms with van der Waals surface area (Å²) in [5, 5.41) is 4.18. The summed E-state index contributed by atoms with van der Waals surface area (Å²) in [5.41, 5.74) is 1.83. The molecular formula is C15H14Cl2FN. The van der Waals surface area contributed by atoms with Gasteiger partial charge in [0.05, 0.1) is 5.02 Å². The molecule has 0 amide bonds. The van der Waals surface area contributed by atoms with E-state index in [0.717, 1.165) is 11.1 Å². The van der Waals surface area contributed by atoms with Gasteiger partial charge in [-0.15, -0.1) is 0 Å². The van der Waals surface area contributed by atoms with E-state index in [4.69, 9.17) is 23.2 Å². The van der Waals surface area contributed by atoms with Gasteiger partial charge in [-0.25, -0.2) is 4.39 Å². The van der Waals surface area contributed by atoms with Crippen LogP contribution in [0.15, 0.2) is 42.5 Å². The monoisotopic (exact) mass is 297 g/mol. The SMILES string of the molecule is C[C@H](NCc1cccc(F)c1Cl)c1cccc(Cl)c1. The average molecular weight is 298 g/mol. The van der Waals surface area contributed by atoms with Gasteiger partial charge >= 0.3 is 0 Å². The minimum atomic E-state index is -0.392. The maximum Gasteiger partial charge on any atom is 0.142 e. The Kier molecular flexibility index (Phi) is 4.81. The van der Waals surface area contributed by atoms with Crippen LogP contribution in [0.1, 0.15) is 24.1 Å². The van der Waals surface area contributed by atoms with Crippen molar-refractivity contribution in [1.82, 2.24) is 5.32 Å². The van der Waals surface area contributed by atoms with Gasteiger partial charge in [-0.05, 0) is 36.2 Å². The van der Waals surface area contributed by atoms with Crippen molar-refractivity contribution in [3.8, 4) is 0 Å². The van der Waals surface area contributed by atoms with Crippen LogP contribution in [0, 0.1) is 5.82 Å². The molecule has 1 N–H and O–H groups in total. The third-order valence-corrected chi connectivity index (χ3v) is 3.64. The van der Waals surface area contributed by atoms with E-state index in [2.05, 4.69) is 5.32 Å². The molecule has 2 aromatic carbocycles. The minimum absolute atomic E-state index is 0.109. The van der Waals surface area contributed by atoms with Crippen LogP contribution in [0.2, 0.25) is 10.0 Å². The number of benzene rings is 2. The first-order valence-corrected chi connectivity index (χ1v) is 6.75. The summed E-state index contributed by atoms with van der Waals surface area (Å²) in [6.07, 6.45) is 0. The lowest BCUT2D eigenvalue weighted by molar-refractivity contribution is 0.569. The Morgan fingerprint density at radius 2 is 1.89 bits per heavy atom. The molecule has 0 saturated heterocycles. The van der Waals surface area contributed by atoms with Gasteiger partial charge in [0.1, 0.15) is 5.82 Å². The summed E-state index contributed by atoms with van der Waals surface area (Å²) in [7, 11) is 0. The number of rotatable bonds is 4. The molecule has 2 aromatic rings. The fourth-order valence-electron chi connectivity index (χ4n) is 1.84. The highest BCUT2D eigenvalue weighted by Gasteiger charge is 2.09. The second kappa shape index (κ2) is 6.38. The lowest BCUT2D eigenvalue weighted by Crippen LogP contribution is -2.18. The standard InChI is InChI=1S/C15H14Cl2FN/c1-10(11-4-2-6-13(16)8-11)19-9-12-5-3-7-14(18)15(12)17/h2-8,10,19H,9H2,1H3/t10-/m0/s1. The van der Waals surface area contributed by atoms with Crippen molar-refractivity contribution >= 4 is 23.2 Å². The molecular weight excluding hydrogens is 284 g/mol. The minimum Gasteiger partial charge on any atom is -0.306 e. The summed E-state index contributed by atoms with van der Waals surface area (Å²) in [6, 6.07) is 12.6. The number of halogens is 3. The Balaban J connectivity index is 2.04. The van der Waals surface area contributed by atoms with Crippen LogP contribution >= 0.6 is 23.2 Å². The average Bonchev–Trinajstić information content (AvgIpc) is 2.40. The molecule has 0 aliphatic heterocycles. The van der Waals surface area contributed by atoms with Crippen LogP contribution in [0.4, 0.5) is 4.39 Å². The predicted molar refractivity (Wildman–Crippen MR) is 78.1 cm³/mol. The van der Waals surface area contributed by atoms with E-state index in [0.29, 0.717) is 11.6 Å². The number of hydrogen-bond acceptors (Lipinski definition) is 1. The second-order valence-electron chi connectivity index (χ2n) is 4.37. The molecule has 19 heavy (non-hydrogen) atoms. The van der Waals surface area contributed by atoms with Crippen LogP contribution in [0.5, 0.6) is 0 Å². The zero-order valence-corrected chi connectivity index (χ0v) is 12.0. The van der Waals surface area contributed by atoms with Gasteiger partial charge in [0.15, 0.2) is 0 Å². The molecule has 0 unspecified atom stereocenters. The predicted octanol–water partition coefficient (Wildman–Crippen LogP) is 4.98. The third-order valence-electron chi connectivity index (χ3n) is 2.98. The first-order valence-electron chi connectivity index (χ1n) is 5.99. The smallest absolute Gasteiger partial charge is 0.142 e. The van der Waals surface area contributed by atoms with Crippen molar-refractivity contribution in [2.24, 2.45) is 0 Å². The van der Waals surface area contributed by atoms with Gasteiger partial charge in [-0.1, -0.05) is 47.5 Å². The molecule has 0 heterocycles. The van der Waals surface area contributed by atoms with E-state index < -0.39 is 5.82 Å². The van der Waals surface area contributed by atoms with Gasteiger partial charge in [-0.2, -0.15) is 0 Å². The Labute approximate surface area is 122 Å². The third kappa shape index (κ3) is 3.69. The van der Waals surface area contributed by atoms with Gasteiger partial charge < -0.3 is 5.32 Å². The van der Waals surface area contributed by atoms with Gasteiger partial charge in [0, 0.05) is 17.6 Å². The molecule has 0 aromatic heterocycles. The van der Waals surface area contributed by atoms with E-state index >= 15 is 0 Å². The van der Waals surface area contributed by atoms with Crippen molar-refractivity contribution in [3.63, 3.8) is 0 Å². The topological polar surface area (TPSA) is 12.0 Å². The molecule has 100 valence electrons. The lowest BCUT2D eigenvalue weighted by atomic mass is 10.1. The maximum atomic E-state index is 13.3. The van der Waals surface area contributed by atoms with Crippen molar-refractivity contribution in [2.45, 2.75) is 19.5 Å². The molecule has 0 aliphatic rings. The first kappa shape index (κ1) is 14.3. The Bertz CT molecular complexity index is 572. The molecule has 1 nitrogen and oxygen atoms in total. The Hall–Kier alpha value is -1.09. The summed E-state index contributed by atoms with van der Waals surface area (Å²) >= 11 is 11.9. The summed E-state index contributed by atoms with van der Waals surface area (Å²) in [5.74, 6) is -0.392. The second-order valence-corrected chi connectivity index (χ2v) is 5.18. The Morgan fingerprint density at radius 3 is 2.63 bits per heavy atom. The summed E-state index contributed by atoms with van der Waals surface area (Å²) in [4.78, 5) is 0. The van der Waals surface area contributed by atoms with E-state index in [9.17, 15) is 4.39 Å². The molecule has 0 fully saturated rings. The van der Waals surface area contributed by atoms with Gasteiger partial charge in [-0.3, -0.25) is 0 Å². The molecule has 0 saturated carbocycles. The van der Waals surface area contributed by atoms with Crippen molar-refractivity contribution in [2.75, 3.05) is 0 Å². The van der Waals surface area contributed by atoms with Crippen LogP contribution < -0.4 is 5.32 Å². The van der Waals surface area contributed by atoms with Crippen LogP contribution in [0.3, 0.4) is 0 Å². The van der Waals surface area contributed by atoms with Crippen molar-refractivity contribution < 1.29 is 4.39 Å². The van der Waals surface area contributed by atoms with Gasteiger partial charge in [0.2, 0.25) is 0 Å². The molecule has 2 rings (SSSR count). The van der Waals surface area contributed by atoms with E-state index in [1.807, 2.05) is 37.3 Å².